The van der Waals surface area contributed by atoms with E-state index >= 15 is 0 Å². The molecule has 0 bridgehead atoms. The number of aliphatic hydroxyl groups excluding tert-OH is 9. The lowest BCUT2D eigenvalue weighted by Gasteiger charge is -2.60. The van der Waals surface area contributed by atoms with Crippen LogP contribution in [0.15, 0.2) is 11.6 Å². The van der Waals surface area contributed by atoms with Gasteiger partial charge in [0, 0.05) is 24.2 Å². The van der Waals surface area contributed by atoms with Gasteiger partial charge in [-0.15, -0.1) is 0 Å². The first-order valence-electron chi connectivity index (χ1n) is 23.3. The van der Waals surface area contributed by atoms with Gasteiger partial charge in [-0.3, -0.25) is 0 Å². The molecular weight excluding hydrogens is 812 g/mol. The Labute approximate surface area is 363 Å². The summed E-state index contributed by atoms with van der Waals surface area (Å²) in [4.78, 5) is 0. The monoisotopic (exact) mass is 884 g/mol. The molecule has 5 saturated heterocycles. The van der Waals surface area contributed by atoms with Gasteiger partial charge in [-0.25, -0.2) is 0 Å². The molecule has 5 aliphatic heterocycles. The highest BCUT2D eigenvalue weighted by Gasteiger charge is 2.69. The highest BCUT2D eigenvalue weighted by molar-refractivity contribution is 5.28. The first-order chi connectivity index (χ1) is 29.3. The van der Waals surface area contributed by atoms with E-state index in [4.69, 9.17) is 37.9 Å². The van der Waals surface area contributed by atoms with E-state index < -0.39 is 122 Å². The molecule has 27 atom stereocenters. The maximum Gasteiger partial charge on any atom is 0.187 e. The minimum Gasteiger partial charge on any atom is -0.394 e. The van der Waals surface area contributed by atoms with Crippen molar-refractivity contribution in [1.29, 1.82) is 0 Å². The van der Waals surface area contributed by atoms with Gasteiger partial charge in [-0.2, -0.15) is 0 Å². The van der Waals surface area contributed by atoms with Crippen molar-refractivity contribution in [2.45, 2.75) is 209 Å². The molecule has 4 aliphatic carbocycles. The highest BCUT2D eigenvalue weighted by atomic mass is 16.8. The van der Waals surface area contributed by atoms with Gasteiger partial charge in [0.2, 0.25) is 0 Å². The van der Waals surface area contributed by atoms with E-state index in [-0.39, 0.29) is 23.9 Å². The second-order valence-electron chi connectivity index (χ2n) is 21.1. The second kappa shape index (κ2) is 17.0. The molecule has 9 aliphatic rings. The van der Waals surface area contributed by atoms with Crippen LogP contribution in [0, 0.1) is 46.3 Å². The molecule has 62 heavy (non-hydrogen) atoms. The minimum atomic E-state index is -1.77. The molecule has 1 spiro atoms. The zero-order valence-electron chi connectivity index (χ0n) is 36.8. The number of rotatable bonds is 7. The summed E-state index contributed by atoms with van der Waals surface area (Å²) in [6.07, 6.45) is -14.8. The van der Waals surface area contributed by atoms with Gasteiger partial charge < -0.3 is 83.9 Å². The van der Waals surface area contributed by atoms with Crippen molar-refractivity contribution in [3.8, 4) is 0 Å². The standard InChI is InChI=1S/C45H72O17/c1-18-9-12-45(55-17-18)19(2)30-27(62-45)15-26-24-8-7-22-13-23(14-29(47)44(22,6)25(24)10-11-43(26,30)5)58-42-39(61-41-37(54)35(52)32(49)21(4)57-41)38(33(50)28(16-46)59-42)60-40-36(53)34(51)31(48)20(3)56-40/h7,18-21,23-42,46-54H,8-17H2,1-6H3. The van der Waals surface area contributed by atoms with E-state index in [1.165, 1.54) is 13.8 Å². The largest absolute Gasteiger partial charge is 0.394 e. The summed E-state index contributed by atoms with van der Waals surface area (Å²) in [5, 5.41) is 98.2. The van der Waals surface area contributed by atoms with E-state index in [0.29, 0.717) is 36.0 Å². The molecule has 0 aromatic carbocycles. The Balaban J connectivity index is 0.954. The van der Waals surface area contributed by atoms with E-state index in [1.54, 1.807) is 0 Å². The maximum atomic E-state index is 12.3. The van der Waals surface area contributed by atoms with Crippen molar-refractivity contribution in [3.63, 3.8) is 0 Å². The van der Waals surface area contributed by atoms with E-state index in [0.717, 1.165) is 50.7 Å². The Bertz CT molecular complexity index is 1630. The van der Waals surface area contributed by atoms with Crippen molar-refractivity contribution in [2.75, 3.05) is 13.2 Å². The zero-order chi connectivity index (χ0) is 44.4. The van der Waals surface area contributed by atoms with Crippen LogP contribution in [-0.2, 0) is 37.9 Å². The summed E-state index contributed by atoms with van der Waals surface area (Å²) >= 11 is 0. The number of allylic oxidation sites excluding steroid dienone is 1. The Kier molecular flexibility index (Phi) is 12.7. The lowest BCUT2D eigenvalue weighted by atomic mass is 9.46. The fourth-order valence-electron chi connectivity index (χ4n) is 14.0. The van der Waals surface area contributed by atoms with Crippen molar-refractivity contribution >= 4 is 0 Å². The molecule has 9 rings (SSSR count). The van der Waals surface area contributed by atoms with Crippen LogP contribution in [-0.4, -0.2) is 175 Å². The van der Waals surface area contributed by atoms with Crippen LogP contribution in [0.3, 0.4) is 0 Å². The summed E-state index contributed by atoms with van der Waals surface area (Å²) in [5.74, 6) is 1.84. The van der Waals surface area contributed by atoms with Crippen LogP contribution in [0.2, 0.25) is 0 Å². The van der Waals surface area contributed by atoms with Crippen LogP contribution < -0.4 is 0 Å². The molecule has 0 amide bonds. The summed E-state index contributed by atoms with van der Waals surface area (Å²) in [5.41, 5.74) is 0.680. The van der Waals surface area contributed by atoms with Crippen molar-refractivity contribution in [3.05, 3.63) is 11.6 Å². The molecule has 5 heterocycles. The quantitative estimate of drug-likeness (QED) is 0.155. The first kappa shape index (κ1) is 46.2. The Morgan fingerprint density at radius 1 is 0.694 bits per heavy atom. The summed E-state index contributed by atoms with van der Waals surface area (Å²) in [6.45, 7) is 12.3. The maximum absolute atomic E-state index is 12.3. The average Bonchev–Trinajstić information content (AvgIpc) is 3.69. The van der Waals surface area contributed by atoms with Crippen molar-refractivity contribution in [1.82, 2.24) is 0 Å². The second-order valence-corrected chi connectivity index (χ2v) is 21.1. The van der Waals surface area contributed by atoms with Gasteiger partial charge in [0.25, 0.3) is 0 Å². The van der Waals surface area contributed by atoms with Gasteiger partial charge in [-0.1, -0.05) is 39.3 Å². The number of ether oxygens (including phenoxy) is 8. The molecule has 0 aromatic rings. The third kappa shape index (κ3) is 7.31. The van der Waals surface area contributed by atoms with E-state index in [1.807, 2.05) is 0 Å². The predicted molar refractivity (Wildman–Crippen MR) is 214 cm³/mol. The Morgan fingerprint density at radius 2 is 1.34 bits per heavy atom. The molecule has 27 unspecified atom stereocenters. The topological polar surface area (TPSA) is 256 Å². The molecule has 354 valence electrons. The summed E-state index contributed by atoms with van der Waals surface area (Å²) in [7, 11) is 0. The SMILES string of the molecule is CC1CCC2(OC1)OC1CC3C4CC=C5CC(OC6OC(CO)C(O)C(OC7OC(C)C(O)C(O)C7O)C6OC6OC(C)C(O)C(O)C6O)CC(O)C5(C)C4CCC3(C)C1C2C. The van der Waals surface area contributed by atoms with Gasteiger partial charge in [0.05, 0.1) is 43.7 Å². The van der Waals surface area contributed by atoms with E-state index in [2.05, 4.69) is 33.8 Å². The molecular formula is C45H72O17. The van der Waals surface area contributed by atoms with Gasteiger partial charge in [0.1, 0.15) is 61.0 Å². The lowest BCUT2D eigenvalue weighted by molar-refractivity contribution is -0.393. The van der Waals surface area contributed by atoms with Crippen molar-refractivity contribution < 1.29 is 83.9 Å². The number of fused-ring (bicyclic) bond motifs is 7. The fraction of sp³-hybridized carbons (Fsp3) is 0.956. The van der Waals surface area contributed by atoms with Crippen LogP contribution in [0.25, 0.3) is 0 Å². The molecule has 0 aromatic heterocycles. The van der Waals surface area contributed by atoms with Crippen LogP contribution >= 0.6 is 0 Å². The fourth-order valence-corrected chi connectivity index (χ4v) is 14.0. The first-order valence-corrected chi connectivity index (χ1v) is 23.3. The molecule has 3 saturated carbocycles. The van der Waals surface area contributed by atoms with Gasteiger partial charge in [-0.05, 0) is 87.4 Å². The number of hydrogen-bond acceptors (Lipinski definition) is 17. The average molecular weight is 885 g/mol. The normalized spacial score (nSPS) is 58.9. The molecule has 9 N–H and O–H groups in total. The molecule has 8 fully saturated rings. The Morgan fingerprint density at radius 3 is 1.95 bits per heavy atom. The third-order valence-electron chi connectivity index (χ3n) is 17.8. The van der Waals surface area contributed by atoms with Crippen molar-refractivity contribution in [2.24, 2.45) is 46.3 Å². The Hall–Kier alpha value is -0.940. The zero-order valence-corrected chi connectivity index (χ0v) is 36.8. The summed E-state index contributed by atoms with van der Waals surface area (Å²) < 4.78 is 50.2. The van der Waals surface area contributed by atoms with Crippen LogP contribution in [0.1, 0.15) is 92.9 Å². The predicted octanol–water partition coefficient (Wildman–Crippen LogP) is 0.213. The summed E-state index contributed by atoms with van der Waals surface area (Å²) in [6, 6.07) is 0. The van der Waals surface area contributed by atoms with Gasteiger partial charge in [0.15, 0.2) is 24.7 Å². The molecule has 0 radical (unpaired) electrons. The highest BCUT2D eigenvalue weighted by Crippen LogP contribution is 2.70. The smallest absolute Gasteiger partial charge is 0.187 e. The minimum absolute atomic E-state index is 0.101. The van der Waals surface area contributed by atoms with Crippen LogP contribution in [0.5, 0.6) is 0 Å². The number of aliphatic hydroxyl groups is 9. The van der Waals surface area contributed by atoms with Gasteiger partial charge >= 0.3 is 0 Å². The third-order valence-corrected chi connectivity index (χ3v) is 17.8. The molecule has 17 heteroatoms. The number of hydrogen-bond donors (Lipinski definition) is 9. The van der Waals surface area contributed by atoms with Crippen LogP contribution in [0.4, 0.5) is 0 Å². The lowest BCUT2D eigenvalue weighted by Crippen LogP contribution is -2.67. The van der Waals surface area contributed by atoms with E-state index in [9.17, 15) is 46.0 Å². The molecule has 17 nitrogen and oxygen atoms in total.